The van der Waals surface area contributed by atoms with E-state index in [0.717, 1.165) is 11.4 Å². The summed E-state index contributed by atoms with van der Waals surface area (Å²) >= 11 is 6.18. The van der Waals surface area contributed by atoms with Crippen molar-refractivity contribution in [1.29, 1.82) is 0 Å². The van der Waals surface area contributed by atoms with Crippen molar-refractivity contribution in [2.24, 2.45) is 0 Å². The van der Waals surface area contributed by atoms with Crippen LogP contribution in [0.5, 0.6) is 5.88 Å². The predicted molar refractivity (Wildman–Crippen MR) is 83.4 cm³/mol. The lowest BCUT2D eigenvalue weighted by Crippen LogP contribution is -2.18. The van der Waals surface area contributed by atoms with E-state index < -0.39 is 0 Å². The summed E-state index contributed by atoms with van der Waals surface area (Å²) in [5.41, 5.74) is 7.47. The fourth-order valence-corrected chi connectivity index (χ4v) is 2.07. The SMILES string of the molecule is CCOc1cccc(N(C)Cc2cc(N)ccc2Cl)n1. The molecule has 0 radical (unpaired) electrons. The lowest BCUT2D eigenvalue weighted by Gasteiger charge is -2.19. The van der Waals surface area contributed by atoms with Crippen molar-refractivity contribution < 1.29 is 4.74 Å². The lowest BCUT2D eigenvalue weighted by atomic mass is 10.2. The Morgan fingerprint density at radius 2 is 2.10 bits per heavy atom. The van der Waals surface area contributed by atoms with Gasteiger partial charge in [-0.1, -0.05) is 17.7 Å². The number of aromatic nitrogens is 1. The Labute approximate surface area is 124 Å². The molecular weight excluding hydrogens is 274 g/mol. The zero-order valence-corrected chi connectivity index (χ0v) is 12.4. The lowest BCUT2D eigenvalue weighted by molar-refractivity contribution is 0.327. The number of ether oxygens (including phenoxy) is 1. The van der Waals surface area contributed by atoms with Crippen molar-refractivity contribution in [3.8, 4) is 5.88 Å². The van der Waals surface area contributed by atoms with Crippen LogP contribution >= 0.6 is 11.6 Å². The molecule has 2 aromatic rings. The molecule has 106 valence electrons. The van der Waals surface area contributed by atoms with Gasteiger partial charge in [-0.25, -0.2) is 0 Å². The molecule has 1 aromatic heterocycles. The van der Waals surface area contributed by atoms with Gasteiger partial charge in [0, 0.05) is 30.4 Å². The summed E-state index contributed by atoms with van der Waals surface area (Å²) in [5, 5.41) is 0.701. The van der Waals surface area contributed by atoms with Gasteiger partial charge in [0.15, 0.2) is 0 Å². The number of nitrogens with two attached hydrogens (primary N) is 1. The molecule has 0 aliphatic heterocycles. The molecule has 0 aliphatic carbocycles. The summed E-state index contributed by atoms with van der Waals surface area (Å²) in [4.78, 5) is 6.44. The molecule has 0 unspecified atom stereocenters. The maximum atomic E-state index is 6.18. The van der Waals surface area contributed by atoms with Crippen LogP contribution in [0.25, 0.3) is 0 Å². The highest BCUT2D eigenvalue weighted by Gasteiger charge is 2.08. The van der Waals surface area contributed by atoms with E-state index in [-0.39, 0.29) is 0 Å². The fraction of sp³-hybridized carbons (Fsp3) is 0.267. The van der Waals surface area contributed by atoms with Crippen molar-refractivity contribution in [2.45, 2.75) is 13.5 Å². The second kappa shape index (κ2) is 6.48. The van der Waals surface area contributed by atoms with Crippen LogP contribution in [0, 0.1) is 0 Å². The molecule has 4 nitrogen and oxygen atoms in total. The number of hydrogen-bond acceptors (Lipinski definition) is 4. The Morgan fingerprint density at radius 3 is 2.85 bits per heavy atom. The molecule has 2 rings (SSSR count). The first-order chi connectivity index (χ1) is 9.60. The molecule has 0 bridgehead atoms. The maximum absolute atomic E-state index is 6.18. The van der Waals surface area contributed by atoms with E-state index in [1.54, 1.807) is 6.07 Å². The highest BCUT2D eigenvalue weighted by atomic mass is 35.5. The van der Waals surface area contributed by atoms with Crippen LogP contribution in [-0.2, 0) is 6.54 Å². The summed E-state index contributed by atoms with van der Waals surface area (Å²) in [6, 6.07) is 11.2. The van der Waals surface area contributed by atoms with Gasteiger partial charge in [0.25, 0.3) is 0 Å². The van der Waals surface area contributed by atoms with E-state index >= 15 is 0 Å². The summed E-state index contributed by atoms with van der Waals surface area (Å²) in [6.45, 7) is 3.16. The van der Waals surface area contributed by atoms with Crippen LogP contribution in [0.15, 0.2) is 36.4 Å². The Bertz CT molecular complexity index is 589. The fourth-order valence-electron chi connectivity index (χ4n) is 1.90. The maximum Gasteiger partial charge on any atom is 0.215 e. The third-order valence-electron chi connectivity index (χ3n) is 2.87. The molecule has 0 atom stereocenters. The van der Waals surface area contributed by atoms with Crippen LogP contribution in [0.3, 0.4) is 0 Å². The molecule has 5 heteroatoms. The van der Waals surface area contributed by atoms with Gasteiger partial charge in [-0.3, -0.25) is 0 Å². The summed E-state index contributed by atoms with van der Waals surface area (Å²) < 4.78 is 5.41. The highest BCUT2D eigenvalue weighted by Crippen LogP contribution is 2.23. The second-order valence-corrected chi connectivity index (χ2v) is 4.88. The van der Waals surface area contributed by atoms with Crippen LogP contribution in [0.4, 0.5) is 11.5 Å². The predicted octanol–water partition coefficient (Wildman–Crippen LogP) is 3.35. The Hall–Kier alpha value is -1.94. The largest absolute Gasteiger partial charge is 0.478 e. The molecule has 2 N–H and O–H groups in total. The Balaban J connectivity index is 2.17. The van der Waals surface area contributed by atoms with E-state index in [4.69, 9.17) is 22.1 Å². The van der Waals surface area contributed by atoms with E-state index in [0.29, 0.717) is 29.7 Å². The van der Waals surface area contributed by atoms with Crippen LogP contribution in [0.1, 0.15) is 12.5 Å². The minimum absolute atomic E-state index is 0.598. The van der Waals surface area contributed by atoms with Gasteiger partial charge < -0.3 is 15.4 Å². The van der Waals surface area contributed by atoms with Crippen molar-refractivity contribution in [2.75, 3.05) is 24.3 Å². The summed E-state index contributed by atoms with van der Waals surface area (Å²) in [5.74, 6) is 1.45. The van der Waals surface area contributed by atoms with Crippen molar-refractivity contribution >= 4 is 23.1 Å². The van der Waals surface area contributed by atoms with Crippen LogP contribution < -0.4 is 15.4 Å². The molecule has 20 heavy (non-hydrogen) atoms. The van der Waals surface area contributed by atoms with Crippen molar-refractivity contribution in [1.82, 2.24) is 4.98 Å². The van der Waals surface area contributed by atoms with Gasteiger partial charge in [-0.2, -0.15) is 4.98 Å². The smallest absolute Gasteiger partial charge is 0.215 e. The first kappa shape index (κ1) is 14.5. The van der Waals surface area contributed by atoms with Gasteiger partial charge in [0.1, 0.15) is 5.82 Å². The average Bonchev–Trinajstić information content (AvgIpc) is 2.43. The standard InChI is InChI=1S/C15H18ClN3O/c1-3-20-15-6-4-5-14(18-15)19(2)10-11-9-12(17)7-8-13(11)16/h4-9H,3,10,17H2,1-2H3. The summed E-state index contributed by atoms with van der Waals surface area (Å²) in [7, 11) is 1.96. The van der Waals surface area contributed by atoms with E-state index in [1.165, 1.54) is 0 Å². The zero-order valence-electron chi connectivity index (χ0n) is 11.6. The number of nitrogen functional groups attached to an aromatic ring is 1. The van der Waals surface area contributed by atoms with E-state index in [9.17, 15) is 0 Å². The van der Waals surface area contributed by atoms with Gasteiger partial charge in [-0.05, 0) is 36.8 Å². The molecular formula is C15H18ClN3O. The van der Waals surface area contributed by atoms with Crippen molar-refractivity contribution in [3.05, 3.63) is 47.0 Å². The zero-order chi connectivity index (χ0) is 14.5. The molecule has 0 amide bonds. The minimum atomic E-state index is 0.598. The van der Waals surface area contributed by atoms with E-state index in [1.807, 2.05) is 49.2 Å². The monoisotopic (exact) mass is 291 g/mol. The molecule has 1 heterocycles. The molecule has 0 spiro atoms. The van der Waals surface area contributed by atoms with Gasteiger partial charge in [0.2, 0.25) is 5.88 Å². The first-order valence-electron chi connectivity index (χ1n) is 6.45. The number of hydrogen-bond donors (Lipinski definition) is 1. The van der Waals surface area contributed by atoms with E-state index in [2.05, 4.69) is 4.98 Å². The normalized spacial score (nSPS) is 10.3. The van der Waals surface area contributed by atoms with Gasteiger partial charge in [-0.15, -0.1) is 0 Å². The number of halogens is 1. The van der Waals surface area contributed by atoms with Crippen LogP contribution in [0.2, 0.25) is 5.02 Å². The van der Waals surface area contributed by atoms with Gasteiger partial charge in [0.05, 0.1) is 6.61 Å². The summed E-state index contributed by atoms with van der Waals surface area (Å²) in [6.07, 6.45) is 0. The third-order valence-corrected chi connectivity index (χ3v) is 3.24. The minimum Gasteiger partial charge on any atom is -0.478 e. The molecule has 0 aliphatic rings. The molecule has 1 aromatic carbocycles. The highest BCUT2D eigenvalue weighted by molar-refractivity contribution is 6.31. The first-order valence-corrected chi connectivity index (χ1v) is 6.83. The second-order valence-electron chi connectivity index (χ2n) is 4.47. The Morgan fingerprint density at radius 1 is 1.30 bits per heavy atom. The quantitative estimate of drug-likeness (QED) is 0.858. The number of anilines is 2. The molecule has 0 fully saturated rings. The number of pyridine rings is 1. The number of benzene rings is 1. The Kier molecular flexibility index (Phi) is 4.69. The van der Waals surface area contributed by atoms with Crippen LogP contribution in [-0.4, -0.2) is 18.6 Å². The number of nitrogens with zero attached hydrogens (tertiary/aromatic N) is 2. The number of rotatable bonds is 5. The van der Waals surface area contributed by atoms with Gasteiger partial charge >= 0.3 is 0 Å². The molecule has 0 saturated heterocycles. The molecule has 0 saturated carbocycles. The van der Waals surface area contributed by atoms with Crippen molar-refractivity contribution in [3.63, 3.8) is 0 Å². The third kappa shape index (κ3) is 3.54. The average molecular weight is 292 g/mol. The topological polar surface area (TPSA) is 51.4 Å².